The van der Waals surface area contributed by atoms with Gasteiger partial charge in [-0.15, -0.1) is 0 Å². The highest BCUT2D eigenvalue weighted by atomic mass is 16.3. The Morgan fingerprint density at radius 1 is 0.471 bits per heavy atom. The van der Waals surface area contributed by atoms with Gasteiger partial charge >= 0.3 is 0 Å². The lowest BCUT2D eigenvalue weighted by Gasteiger charge is -2.33. The molecule has 9 aromatic rings. The third-order valence-electron chi connectivity index (χ3n) is 10.2. The van der Waals surface area contributed by atoms with E-state index in [4.69, 9.17) is 9.41 Å². The van der Waals surface area contributed by atoms with Crippen LogP contribution in [0.4, 0.5) is 0 Å². The molecule has 1 aliphatic rings. The fraction of sp³-hybridized carbons (Fsp3) is 0.0426. The summed E-state index contributed by atoms with van der Waals surface area (Å²) in [6, 6.07) is 62.2. The summed E-state index contributed by atoms with van der Waals surface area (Å²) in [6.07, 6.45) is -0.586. The lowest BCUT2D eigenvalue weighted by molar-refractivity contribution is 0.412. The largest absolute Gasteiger partial charge is 0.456 e. The number of aliphatic imine (C=N–C) groups is 1. The molecule has 1 aromatic heterocycles. The summed E-state index contributed by atoms with van der Waals surface area (Å²) in [5, 5.41) is 14.9. The van der Waals surface area contributed by atoms with Gasteiger partial charge in [0.2, 0.25) is 0 Å². The Balaban J connectivity index is 1.14. The van der Waals surface area contributed by atoms with E-state index in [1.165, 1.54) is 32.7 Å². The Morgan fingerprint density at radius 3 is 2.02 bits per heavy atom. The van der Waals surface area contributed by atoms with Crippen molar-refractivity contribution >= 4 is 49.3 Å². The molecule has 2 heterocycles. The van der Waals surface area contributed by atoms with E-state index in [-0.39, 0.29) is 12.3 Å². The maximum absolute atomic E-state index is 6.45. The van der Waals surface area contributed by atoms with E-state index >= 15 is 0 Å². The van der Waals surface area contributed by atoms with Crippen molar-refractivity contribution in [1.29, 1.82) is 0 Å². The van der Waals surface area contributed by atoms with E-state index in [0.717, 1.165) is 55.6 Å². The van der Waals surface area contributed by atoms with Crippen molar-refractivity contribution in [3.05, 3.63) is 193 Å². The molecule has 1 aliphatic heterocycles. The topological polar surface area (TPSA) is 49.6 Å². The smallest absolute Gasteiger partial charge is 0.135 e. The predicted octanol–water partition coefficient (Wildman–Crippen LogP) is 11.6. The minimum absolute atomic E-state index is 0.286. The summed E-state index contributed by atoms with van der Waals surface area (Å²) in [4.78, 5) is 5.36. The third-order valence-corrected chi connectivity index (χ3v) is 10.2. The van der Waals surface area contributed by atoms with Gasteiger partial charge in [-0.25, -0.2) is 4.99 Å². The second kappa shape index (κ2) is 12.1. The quantitative estimate of drug-likeness (QED) is 0.194. The molecule has 0 saturated heterocycles. The van der Waals surface area contributed by atoms with Gasteiger partial charge < -0.3 is 9.73 Å². The van der Waals surface area contributed by atoms with Crippen LogP contribution in [-0.2, 0) is 0 Å². The van der Waals surface area contributed by atoms with Gasteiger partial charge in [-0.2, -0.15) is 0 Å². The molecule has 4 heteroatoms. The first-order chi connectivity index (χ1) is 25.3. The lowest BCUT2D eigenvalue weighted by atomic mass is 9.92. The summed E-state index contributed by atoms with van der Waals surface area (Å²) in [5.41, 5.74) is 9.69. The van der Waals surface area contributed by atoms with Crippen LogP contribution >= 0.6 is 0 Å². The molecule has 0 saturated carbocycles. The Labute approximate surface area is 295 Å². The number of amidine groups is 1. The maximum Gasteiger partial charge on any atom is 0.135 e. The van der Waals surface area contributed by atoms with Crippen molar-refractivity contribution in [3.8, 4) is 22.3 Å². The number of benzene rings is 8. The zero-order chi connectivity index (χ0) is 33.7. The molecule has 51 heavy (non-hydrogen) atoms. The van der Waals surface area contributed by atoms with Gasteiger partial charge in [0.1, 0.15) is 29.3 Å². The van der Waals surface area contributed by atoms with Crippen molar-refractivity contribution in [2.24, 2.45) is 4.99 Å². The lowest BCUT2D eigenvalue weighted by Crippen LogP contribution is -2.45. The van der Waals surface area contributed by atoms with Gasteiger partial charge in [0.25, 0.3) is 0 Å². The first-order valence-corrected chi connectivity index (χ1v) is 17.4. The highest BCUT2D eigenvalue weighted by Crippen LogP contribution is 2.41. The van der Waals surface area contributed by atoms with Crippen molar-refractivity contribution in [3.63, 3.8) is 0 Å². The minimum atomic E-state index is -0.300. The third kappa shape index (κ3) is 5.16. The molecule has 2 unspecified atom stereocenters. The van der Waals surface area contributed by atoms with Crippen molar-refractivity contribution in [2.75, 3.05) is 0 Å². The van der Waals surface area contributed by atoms with Crippen LogP contribution < -0.4 is 10.6 Å². The van der Waals surface area contributed by atoms with Gasteiger partial charge in [0.15, 0.2) is 0 Å². The molecule has 0 bridgehead atoms. The van der Waals surface area contributed by atoms with Crippen LogP contribution in [0.3, 0.4) is 0 Å². The molecule has 8 aromatic carbocycles. The van der Waals surface area contributed by atoms with E-state index in [1.54, 1.807) is 0 Å². The van der Waals surface area contributed by atoms with E-state index in [1.807, 2.05) is 12.1 Å². The monoisotopic (exact) mass is 655 g/mol. The van der Waals surface area contributed by atoms with Crippen LogP contribution in [0.5, 0.6) is 0 Å². The minimum Gasteiger partial charge on any atom is -0.456 e. The van der Waals surface area contributed by atoms with Crippen LogP contribution in [0.2, 0.25) is 0 Å². The maximum atomic E-state index is 6.45. The van der Waals surface area contributed by atoms with Gasteiger partial charge in [-0.05, 0) is 67.6 Å². The molecule has 0 radical (unpaired) electrons. The highest BCUT2D eigenvalue weighted by Gasteiger charge is 2.30. The number of hydrogen-bond acceptors (Lipinski definition) is 4. The number of furan rings is 1. The number of rotatable bonds is 5. The summed E-state index contributed by atoms with van der Waals surface area (Å²) in [5.74, 6) is 0.838. The van der Waals surface area contributed by atoms with Crippen LogP contribution in [0.25, 0.3) is 65.7 Å². The molecule has 0 aliphatic carbocycles. The molecule has 4 nitrogen and oxygen atoms in total. The molecule has 2 N–H and O–H groups in total. The van der Waals surface area contributed by atoms with Crippen molar-refractivity contribution in [2.45, 2.75) is 12.3 Å². The van der Waals surface area contributed by atoms with E-state index < -0.39 is 0 Å². The second-order valence-electron chi connectivity index (χ2n) is 13.2. The normalized spacial score (nSPS) is 16.0. The number of fused-ring (bicyclic) bond motifs is 5. The molecule has 0 amide bonds. The van der Waals surface area contributed by atoms with Gasteiger partial charge in [0, 0.05) is 21.9 Å². The van der Waals surface area contributed by atoms with Crippen LogP contribution in [-0.4, -0.2) is 5.84 Å². The van der Waals surface area contributed by atoms with Crippen LogP contribution in [0, 0.1) is 0 Å². The average molecular weight is 656 g/mol. The van der Waals surface area contributed by atoms with E-state index in [0.29, 0.717) is 0 Å². The van der Waals surface area contributed by atoms with Gasteiger partial charge in [-0.3, -0.25) is 5.32 Å². The Morgan fingerprint density at radius 2 is 1.16 bits per heavy atom. The molecular formula is C47H33N3O. The highest BCUT2D eigenvalue weighted by molar-refractivity contribution is 6.10. The van der Waals surface area contributed by atoms with Gasteiger partial charge in [0.05, 0.1) is 0 Å². The first-order valence-electron chi connectivity index (χ1n) is 17.4. The second-order valence-corrected chi connectivity index (χ2v) is 13.2. The summed E-state index contributed by atoms with van der Waals surface area (Å²) in [6.45, 7) is 0. The van der Waals surface area contributed by atoms with E-state index in [9.17, 15) is 0 Å². The predicted molar refractivity (Wildman–Crippen MR) is 211 cm³/mol. The van der Waals surface area contributed by atoms with Crippen LogP contribution in [0.1, 0.15) is 29.0 Å². The summed E-state index contributed by atoms with van der Waals surface area (Å²) in [7, 11) is 0. The number of nitrogens with zero attached hydrogens (tertiary/aromatic N) is 1. The molecule has 0 spiro atoms. The Bertz CT molecular complexity index is 2760. The molecular weight excluding hydrogens is 623 g/mol. The Kier molecular flexibility index (Phi) is 7.00. The number of nitrogens with one attached hydrogen (secondary N) is 2. The Hall–Kier alpha value is -6.49. The zero-order valence-electron chi connectivity index (χ0n) is 27.8. The molecule has 0 fully saturated rings. The standard InChI is InChI=1S/C47H33N3O/c1-2-12-32(13-3-1)39-27-28-42-43(40-18-8-9-20-41(40)51-42)44(39)47-49-45(48-46(50-47)36-26-21-30-11-4-5-15-35(30)29-36)34-24-22-33(23-25-34)38-19-10-16-31-14-6-7-17-37(31)38/h1-29,46-47,50H,(H,48,49). The number of hydrogen-bond donors (Lipinski definition) is 2. The number of para-hydroxylation sites is 1. The fourth-order valence-electron chi connectivity index (χ4n) is 7.70. The van der Waals surface area contributed by atoms with Crippen molar-refractivity contribution < 1.29 is 4.42 Å². The first kappa shape index (κ1) is 29.4. The average Bonchev–Trinajstić information content (AvgIpc) is 3.59. The summed E-state index contributed by atoms with van der Waals surface area (Å²) < 4.78 is 6.45. The van der Waals surface area contributed by atoms with Crippen molar-refractivity contribution in [1.82, 2.24) is 10.6 Å². The molecule has 10 rings (SSSR count). The molecule has 242 valence electrons. The van der Waals surface area contributed by atoms with Crippen LogP contribution in [0.15, 0.2) is 185 Å². The summed E-state index contributed by atoms with van der Waals surface area (Å²) >= 11 is 0. The SMILES string of the molecule is c1ccc(-c2ccc3oc4ccccc4c3c2C2NC(c3ccc(-c4cccc5ccccc45)cc3)=NC(c3ccc4ccccc4c3)N2)cc1. The van der Waals surface area contributed by atoms with E-state index in [2.05, 4.69) is 174 Å². The fourth-order valence-corrected chi connectivity index (χ4v) is 7.70. The molecule has 2 atom stereocenters. The van der Waals surface area contributed by atoms with Gasteiger partial charge in [-0.1, -0.05) is 158 Å². The zero-order valence-corrected chi connectivity index (χ0v) is 27.8.